The Kier molecular flexibility index (Phi) is 6.21. The summed E-state index contributed by atoms with van der Waals surface area (Å²) in [7, 11) is 0. The number of rotatable bonds is 9. The van der Waals surface area contributed by atoms with E-state index in [4.69, 9.17) is 0 Å². The van der Waals surface area contributed by atoms with Crippen LogP contribution in [0.4, 0.5) is 26.3 Å². The molecule has 4 rings (SSSR count). The highest BCUT2D eigenvalue weighted by atomic mass is 19.4. The van der Waals surface area contributed by atoms with Crippen LogP contribution in [0.25, 0.3) is 0 Å². The molecule has 2 heterocycles. The van der Waals surface area contributed by atoms with E-state index in [1.165, 1.54) is 9.36 Å². The molecule has 2 saturated carbocycles. The summed E-state index contributed by atoms with van der Waals surface area (Å²) in [5.74, 6) is -0.827. The smallest absolute Gasteiger partial charge is 0.356 e. The number of carbonyl (C=O) groups excluding carboxylic acids is 1. The van der Waals surface area contributed by atoms with Crippen molar-refractivity contribution in [1.29, 1.82) is 0 Å². The number of alkyl halides is 6. The molecular formula is C21H25F6N5O. The van der Waals surface area contributed by atoms with Gasteiger partial charge in [0.15, 0.2) is 11.4 Å². The summed E-state index contributed by atoms with van der Waals surface area (Å²) >= 11 is 0. The van der Waals surface area contributed by atoms with Gasteiger partial charge in [-0.25, -0.2) is 0 Å². The molecule has 0 aromatic carbocycles. The Morgan fingerprint density at radius 1 is 0.970 bits per heavy atom. The monoisotopic (exact) mass is 477 g/mol. The fraction of sp³-hybridized carbons (Fsp3) is 0.667. The van der Waals surface area contributed by atoms with Crippen LogP contribution in [0.1, 0.15) is 73.6 Å². The van der Waals surface area contributed by atoms with Crippen LogP contribution in [0.5, 0.6) is 0 Å². The first-order chi connectivity index (χ1) is 15.4. The molecule has 2 aromatic heterocycles. The second-order valence-electron chi connectivity index (χ2n) is 8.90. The quantitative estimate of drug-likeness (QED) is 0.420. The number of halogens is 6. The highest BCUT2D eigenvalue weighted by Crippen LogP contribution is 2.43. The summed E-state index contributed by atoms with van der Waals surface area (Å²) in [4.78, 5) is 12.4. The Balaban J connectivity index is 1.30. The van der Waals surface area contributed by atoms with Crippen molar-refractivity contribution < 1.29 is 31.1 Å². The van der Waals surface area contributed by atoms with Gasteiger partial charge >= 0.3 is 12.4 Å². The molecule has 0 radical (unpaired) electrons. The van der Waals surface area contributed by atoms with Crippen LogP contribution in [0.2, 0.25) is 0 Å². The molecule has 1 N–H and O–H groups in total. The molecule has 0 spiro atoms. The molecule has 0 saturated heterocycles. The van der Waals surface area contributed by atoms with Gasteiger partial charge in [-0.2, -0.15) is 36.5 Å². The summed E-state index contributed by atoms with van der Waals surface area (Å²) in [5.41, 5.74) is -0.811. The number of aryl methyl sites for hydroxylation is 1. The van der Waals surface area contributed by atoms with E-state index in [1.807, 2.05) is 0 Å². The minimum Gasteiger partial charge on any atom is -0.356 e. The van der Waals surface area contributed by atoms with Gasteiger partial charge in [0.2, 0.25) is 5.91 Å². The number of carbonyl (C=O) groups is 1. The lowest BCUT2D eigenvalue weighted by Crippen LogP contribution is -2.33. The third-order valence-corrected chi connectivity index (χ3v) is 5.93. The molecule has 2 aliphatic carbocycles. The fourth-order valence-corrected chi connectivity index (χ4v) is 3.84. The van der Waals surface area contributed by atoms with Crippen LogP contribution in [0.3, 0.4) is 0 Å². The molecule has 2 fully saturated rings. The summed E-state index contributed by atoms with van der Waals surface area (Å²) < 4.78 is 80.6. The van der Waals surface area contributed by atoms with Crippen molar-refractivity contribution in [2.45, 2.75) is 76.3 Å². The van der Waals surface area contributed by atoms with Gasteiger partial charge in [-0.3, -0.25) is 14.2 Å². The Bertz CT molecular complexity index is 1000. The molecular weight excluding hydrogens is 452 g/mol. The Morgan fingerprint density at radius 3 is 1.94 bits per heavy atom. The predicted molar refractivity (Wildman–Crippen MR) is 105 cm³/mol. The van der Waals surface area contributed by atoms with Crippen LogP contribution in [-0.2, 0) is 30.2 Å². The average Bonchev–Trinajstić information content (AvgIpc) is 3.65. The van der Waals surface area contributed by atoms with E-state index in [2.05, 4.69) is 15.5 Å². The number of nitrogens with zero attached hydrogens (tertiary/aromatic N) is 4. The minimum atomic E-state index is -4.54. The normalized spacial score (nSPS) is 17.9. The van der Waals surface area contributed by atoms with E-state index < -0.39 is 29.7 Å². The number of hydrogen-bond donors (Lipinski definition) is 1. The predicted octanol–water partition coefficient (Wildman–Crippen LogP) is 4.71. The minimum absolute atomic E-state index is 0.0215. The third kappa shape index (κ3) is 5.70. The van der Waals surface area contributed by atoms with E-state index in [9.17, 15) is 31.1 Å². The first kappa shape index (κ1) is 23.6. The largest absolute Gasteiger partial charge is 0.435 e. The lowest BCUT2D eigenvalue weighted by Gasteiger charge is -2.14. The van der Waals surface area contributed by atoms with Gasteiger partial charge in [0.25, 0.3) is 0 Å². The van der Waals surface area contributed by atoms with E-state index in [1.54, 1.807) is 6.92 Å². The van der Waals surface area contributed by atoms with E-state index >= 15 is 0 Å². The lowest BCUT2D eigenvalue weighted by molar-refractivity contribution is -0.142. The van der Waals surface area contributed by atoms with Crippen LogP contribution in [0, 0.1) is 5.92 Å². The molecule has 0 bridgehead atoms. The molecule has 182 valence electrons. The summed E-state index contributed by atoms with van der Waals surface area (Å²) in [6, 6.07) is 2.15. The Morgan fingerprint density at radius 2 is 1.45 bits per heavy atom. The standard InChI is InChI=1S/C21H25F6N5O/c1-12(11-32-16(14-5-6-14)10-18(30-32)21(25,26)27)19(33)28-7-2-8-31-15(13-3-4-13)9-17(29-31)20(22,23)24/h9-10,12-14H,2-8,11H2,1H3,(H,28,33). The molecule has 1 unspecified atom stereocenters. The maximum absolute atomic E-state index is 13.0. The molecule has 2 aromatic rings. The Hall–Kier alpha value is -2.53. The number of nitrogens with one attached hydrogen (secondary N) is 1. The van der Waals surface area contributed by atoms with Gasteiger partial charge in [-0.15, -0.1) is 0 Å². The maximum Gasteiger partial charge on any atom is 0.435 e. The lowest BCUT2D eigenvalue weighted by atomic mass is 10.1. The molecule has 1 atom stereocenters. The van der Waals surface area contributed by atoms with E-state index in [-0.39, 0.29) is 37.4 Å². The fourth-order valence-electron chi connectivity index (χ4n) is 3.84. The molecule has 0 aliphatic heterocycles. The van der Waals surface area contributed by atoms with Gasteiger partial charge < -0.3 is 5.32 Å². The summed E-state index contributed by atoms with van der Waals surface area (Å²) in [5, 5.41) is 10.1. The van der Waals surface area contributed by atoms with Gasteiger partial charge in [0.1, 0.15) is 0 Å². The summed E-state index contributed by atoms with van der Waals surface area (Å²) in [6.07, 6.45) is -5.39. The van der Waals surface area contributed by atoms with E-state index in [0.29, 0.717) is 17.8 Å². The number of amides is 1. The van der Waals surface area contributed by atoms with E-state index in [0.717, 1.165) is 37.8 Å². The van der Waals surface area contributed by atoms with Crippen molar-refractivity contribution in [3.63, 3.8) is 0 Å². The Labute approximate surface area is 186 Å². The molecule has 6 nitrogen and oxygen atoms in total. The number of hydrogen-bond acceptors (Lipinski definition) is 3. The van der Waals surface area contributed by atoms with Crippen molar-refractivity contribution in [2.24, 2.45) is 5.92 Å². The van der Waals surface area contributed by atoms with Crippen LogP contribution in [0.15, 0.2) is 12.1 Å². The van der Waals surface area contributed by atoms with Gasteiger partial charge in [0, 0.05) is 36.3 Å². The zero-order valence-corrected chi connectivity index (χ0v) is 18.0. The van der Waals surface area contributed by atoms with Gasteiger partial charge in [0.05, 0.1) is 12.5 Å². The first-order valence-electron chi connectivity index (χ1n) is 11.0. The molecule has 2 aliphatic rings. The van der Waals surface area contributed by atoms with Crippen LogP contribution < -0.4 is 5.32 Å². The highest BCUT2D eigenvalue weighted by molar-refractivity contribution is 5.78. The maximum atomic E-state index is 13.0. The first-order valence-corrected chi connectivity index (χ1v) is 11.0. The van der Waals surface area contributed by atoms with Gasteiger partial charge in [-0.05, 0) is 44.2 Å². The molecule has 1 amide bonds. The zero-order valence-electron chi connectivity index (χ0n) is 18.0. The third-order valence-electron chi connectivity index (χ3n) is 5.93. The van der Waals surface area contributed by atoms with Crippen molar-refractivity contribution in [1.82, 2.24) is 24.9 Å². The van der Waals surface area contributed by atoms with Crippen molar-refractivity contribution in [3.05, 3.63) is 34.9 Å². The molecule has 12 heteroatoms. The highest BCUT2D eigenvalue weighted by Gasteiger charge is 2.39. The zero-order chi connectivity index (χ0) is 24.0. The number of aromatic nitrogens is 4. The second-order valence-corrected chi connectivity index (χ2v) is 8.90. The van der Waals surface area contributed by atoms with Gasteiger partial charge in [-0.1, -0.05) is 6.92 Å². The van der Waals surface area contributed by atoms with Crippen LogP contribution >= 0.6 is 0 Å². The topological polar surface area (TPSA) is 64.7 Å². The van der Waals surface area contributed by atoms with Crippen molar-refractivity contribution in [3.8, 4) is 0 Å². The van der Waals surface area contributed by atoms with Crippen molar-refractivity contribution >= 4 is 5.91 Å². The second kappa shape index (κ2) is 8.68. The van der Waals surface area contributed by atoms with Crippen LogP contribution in [-0.4, -0.2) is 32.0 Å². The summed E-state index contributed by atoms with van der Waals surface area (Å²) in [6.45, 7) is 2.08. The SMILES string of the molecule is CC(Cn1nc(C(F)(F)F)cc1C1CC1)C(=O)NCCCn1nc(C(F)(F)F)cc1C1CC1. The molecule has 33 heavy (non-hydrogen) atoms. The average molecular weight is 477 g/mol. The van der Waals surface area contributed by atoms with Crippen molar-refractivity contribution in [2.75, 3.05) is 6.54 Å².